The first kappa shape index (κ1) is 13.6. The van der Waals surface area contributed by atoms with Crippen LogP contribution in [-0.4, -0.2) is 26.2 Å². The molecule has 1 N–H and O–H groups in total. The molecular formula is C17H23NO2. The van der Waals surface area contributed by atoms with E-state index in [1.807, 2.05) is 6.07 Å². The summed E-state index contributed by atoms with van der Waals surface area (Å²) in [5, 5.41) is 2.90. The lowest BCUT2D eigenvalue weighted by Gasteiger charge is -2.12. The van der Waals surface area contributed by atoms with Crippen molar-refractivity contribution in [3.8, 4) is 0 Å². The van der Waals surface area contributed by atoms with Gasteiger partial charge in [0.2, 0.25) is 0 Å². The van der Waals surface area contributed by atoms with Crippen LogP contribution in [0.25, 0.3) is 0 Å². The summed E-state index contributed by atoms with van der Waals surface area (Å²) in [6.07, 6.45) is 6.58. The number of rotatable bonds is 6. The molecule has 1 fully saturated rings. The Labute approximate surface area is 120 Å². The van der Waals surface area contributed by atoms with E-state index in [2.05, 4.69) is 17.4 Å². The van der Waals surface area contributed by atoms with Crippen LogP contribution in [0.3, 0.4) is 0 Å². The number of hydrogen-bond acceptors (Lipinski definition) is 2. The molecule has 0 aromatic heterocycles. The Bertz CT molecular complexity index is 494. The number of nitrogens with one attached hydrogen (secondary N) is 1. The number of benzene rings is 1. The van der Waals surface area contributed by atoms with Crippen LogP contribution in [0, 0.1) is 5.92 Å². The lowest BCUT2D eigenvalue weighted by molar-refractivity contribution is 0.0937. The van der Waals surface area contributed by atoms with Crippen molar-refractivity contribution in [3.63, 3.8) is 0 Å². The van der Waals surface area contributed by atoms with Gasteiger partial charge >= 0.3 is 0 Å². The highest BCUT2D eigenvalue weighted by Gasteiger charge is 2.30. The summed E-state index contributed by atoms with van der Waals surface area (Å²) >= 11 is 0. The number of amides is 1. The quantitative estimate of drug-likeness (QED) is 0.809. The van der Waals surface area contributed by atoms with Crippen molar-refractivity contribution in [2.24, 2.45) is 5.92 Å². The van der Waals surface area contributed by atoms with Crippen molar-refractivity contribution in [2.45, 2.75) is 38.0 Å². The normalized spacial score (nSPS) is 20.8. The second-order valence-corrected chi connectivity index (χ2v) is 6.08. The van der Waals surface area contributed by atoms with Gasteiger partial charge in [-0.25, -0.2) is 0 Å². The van der Waals surface area contributed by atoms with Crippen LogP contribution in [0.2, 0.25) is 0 Å². The molecule has 108 valence electrons. The smallest absolute Gasteiger partial charge is 0.251 e. The lowest BCUT2D eigenvalue weighted by atomic mass is 9.94. The predicted molar refractivity (Wildman–Crippen MR) is 79.1 cm³/mol. The Balaban J connectivity index is 1.69. The summed E-state index contributed by atoms with van der Waals surface area (Å²) in [5.41, 5.74) is 3.67. The van der Waals surface area contributed by atoms with Gasteiger partial charge in [-0.3, -0.25) is 4.79 Å². The fourth-order valence-corrected chi connectivity index (χ4v) is 3.20. The third kappa shape index (κ3) is 3.04. The molecule has 3 rings (SSSR count). The zero-order valence-corrected chi connectivity index (χ0v) is 12.2. The molecule has 0 saturated heterocycles. The van der Waals surface area contributed by atoms with Gasteiger partial charge in [-0.05, 0) is 54.4 Å². The fourth-order valence-electron chi connectivity index (χ4n) is 3.20. The maximum Gasteiger partial charge on any atom is 0.251 e. The van der Waals surface area contributed by atoms with Crippen LogP contribution >= 0.6 is 0 Å². The average molecular weight is 273 g/mol. The van der Waals surface area contributed by atoms with E-state index in [1.165, 1.54) is 43.2 Å². The predicted octanol–water partition coefficient (Wildman–Crippen LogP) is 2.89. The molecule has 0 bridgehead atoms. The lowest BCUT2D eigenvalue weighted by Crippen LogP contribution is -2.27. The average Bonchev–Trinajstić information content (AvgIpc) is 3.19. The molecule has 0 aliphatic heterocycles. The molecule has 20 heavy (non-hydrogen) atoms. The number of aryl methyl sites for hydroxylation is 1. The van der Waals surface area contributed by atoms with Crippen LogP contribution in [0.4, 0.5) is 0 Å². The number of carbonyl (C=O) groups excluding carboxylic acids is 1. The molecule has 1 aromatic rings. The van der Waals surface area contributed by atoms with E-state index < -0.39 is 0 Å². The summed E-state index contributed by atoms with van der Waals surface area (Å²) in [5.74, 6) is 1.65. The van der Waals surface area contributed by atoms with E-state index in [0.717, 1.165) is 11.5 Å². The molecule has 1 saturated carbocycles. The Morgan fingerprint density at radius 3 is 2.95 bits per heavy atom. The molecule has 1 unspecified atom stereocenters. The van der Waals surface area contributed by atoms with Crippen LogP contribution in [0.5, 0.6) is 0 Å². The summed E-state index contributed by atoms with van der Waals surface area (Å²) in [6, 6.07) is 6.23. The van der Waals surface area contributed by atoms with Gasteiger partial charge < -0.3 is 10.1 Å². The topological polar surface area (TPSA) is 38.3 Å². The summed E-state index contributed by atoms with van der Waals surface area (Å²) < 4.78 is 4.96. The minimum Gasteiger partial charge on any atom is -0.383 e. The number of carbonyl (C=O) groups is 1. The van der Waals surface area contributed by atoms with E-state index in [9.17, 15) is 4.79 Å². The third-order valence-corrected chi connectivity index (χ3v) is 4.52. The van der Waals surface area contributed by atoms with Gasteiger partial charge in [0.1, 0.15) is 0 Å². The van der Waals surface area contributed by atoms with E-state index in [1.54, 1.807) is 7.11 Å². The second-order valence-electron chi connectivity index (χ2n) is 6.08. The molecular weight excluding hydrogens is 250 g/mol. The summed E-state index contributed by atoms with van der Waals surface area (Å²) in [4.78, 5) is 12.1. The van der Waals surface area contributed by atoms with Crippen molar-refractivity contribution in [1.29, 1.82) is 0 Å². The highest BCUT2D eigenvalue weighted by atomic mass is 16.5. The first-order valence-electron chi connectivity index (χ1n) is 7.68. The summed E-state index contributed by atoms with van der Waals surface area (Å²) in [7, 11) is 1.64. The first-order chi connectivity index (χ1) is 9.78. The van der Waals surface area contributed by atoms with E-state index in [4.69, 9.17) is 4.74 Å². The maximum absolute atomic E-state index is 12.1. The maximum atomic E-state index is 12.1. The fraction of sp³-hybridized carbons (Fsp3) is 0.588. The zero-order valence-electron chi connectivity index (χ0n) is 12.2. The van der Waals surface area contributed by atoms with Gasteiger partial charge in [0.25, 0.3) is 5.91 Å². The molecule has 0 heterocycles. The van der Waals surface area contributed by atoms with E-state index >= 15 is 0 Å². The van der Waals surface area contributed by atoms with Gasteiger partial charge in [-0.2, -0.15) is 0 Å². The molecule has 0 radical (unpaired) electrons. The first-order valence-corrected chi connectivity index (χ1v) is 7.68. The summed E-state index contributed by atoms with van der Waals surface area (Å²) in [6.45, 7) is 1.12. The van der Waals surface area contributed by atoms with Gasteiger partial charge in [-0.1, -0.05) is 18.9 Å². The van der Waals surface area contributed by atoms with Crippen LogP contribution < -0.4 is 5.32 Å². The number of methoxy groups -OCH3 is 1. The van der Waals surface area contributed by atoms with Crippen molar-refractivity contribution in [2.75, 3.05) is 20.3 Å². The van der Waals surface area contributed by atoms with Crippen molar-refractivity contribution in [1.82, 2.24) is 5.32 Å². The van der Waals surface area contributed by atoms with E-state index in [-0.39, 0.29) is 5.91 Å². The van der Waals surface area contributed by atoms with Gasteiger partial charge in [-0.15, -0.1) is 0 Å². The molecule has 3 heteroatoms. The standard InChI is InChI=1S/C17H23NO2/c1-20-9-8-18-17(19)15-7-5-13-4-6-14(16(13)11-15)10-12-2-3-12/h5,7,11-12,14H,2-4,6,8-10H2,1H3,(H,18,19). The van der Waals surface area contributed by atoms with Gasteiger partial charge in [0.15, 0.2) is 0 Å². The minimum atomic E-state index is 0.0157. The van der Waals surface area contributed by atoms with Gasteiger partial charge in [0, 0.05) is 19.2 Å². The molecule has 1 amide bonds. The molecule has 1 aromatic carbocycles. The zero-order chi connectivity index (χ0) is 13.9. The van der Waals surface area contributed by atoms with Crippen molar-refractivity contribution < 1.29 is 9.53 Å². The van der Waals surface area contributed by atoms with E-state index in [0.29, 0.717) is 19.1 Å². The van der Waals surface area contributed by atoms with Gasteiger partial charge in [0.05, 0.1) is 6.61 Å². The highest BCUT2D eigenvalue weighted by molar-refractivity contribution is 5.94. The van der Waals surface area contributed by atoms with Crippen LogP contribution in [0.15, 0.2) is 18.2 Å². The Kier molecular flexibility index (Phi) is 4.06. The Morgan fingerprint density at radius 2 is 2.20 bits per heavy atom. The largest absolute Gasteiger partial charge is 0.383 e. The number of ether oxygens (including phenoxy) is 1. The number of fused-ring (bicyclic) bond motifs is 1. The molecule has 3 nitrogen and oxygen atoms in total. The Morgan fingerprint density at radius 1 is 1.35 bits per heavy atom. The van der Waals surface area contributed by atoms with Crippen molar-refractivity contribution in [3.05, 3.63) is 34.9 Å². The van der Waals surface area contributed by atoms with Crippen LogP contribution in [0.1, 0.15) is 53.1 Å². The Hall–Kier alpha value is -1.35. The second kappa shape index (κ2) is 5.96. The third-order valence-electron chi connectivity index (χ3n) is 4.52. The highest BCUT2D eigenvalue weighted by Crippen LogP contribution is 2.44. The SMILES string of the molecule is COCCNC(=O)c1ccc2c(c1)C(CC1CC1)CC2. The van der Waals surface area contributed by atoms with Crippen molar-refractivity contribution >= 4 is 5.91 Å². The number of hydrogen-bond donors (Lipinski definition) is 1. The van der Waals surface area contributed by atoms with Crippen LogP contribution in [-0.2, 0) is 11.2 Å². The molecule has 1 atom stereocenters. The molecule has 2 aliphatic rings. The molecule has 0 spiro atoms. The molecule has 2 aliphatic carbocycles. The monoisotopic (exact) mass is 273 g/mol. The minimum absolute atomic E-state index is 0.0157.